The van der Waals surface area contributed by atoms with Crippen molar-refractivity contribution in [2.45, 2.75) is 20.0 Å². The molecule has 0 unspecified atom stereocenters. The van der Waals surface area contributed by atoms with E-state index in [4.69, 9.17) is 27.9 Å². The Morgan fingerprint density at radius 3 is 2.06 bits per heavy atom. The maximum atomic E-state index is 11.8. The zero-order valence-corrected chi connectivity index (χ0v) is 12.0. The maximum absolute atomic E-state index is 11.8. The predicted molar refractivity (Wildman–Crippen MR) is 67.9 cm³/mol. The summed E-state index contributed by atoms with van der Waals surface area (Å²) < 4.78 is 30.2. The van der Waals surface area contributed by atoms with Gasteiger partial charge in [0, 0.05) is 24.8 Å². The minimum Gasteiger partial charge on any atom is -0.378 e. The molecule has 0 amide bonds. The lowest BCUT2D eigenvalue weighted by Crippen LogP contribution is -2.37. The van der Waals surface area contributed by atoms with E-state index in [0.717, 1.165) is 0 Å². The van der Waals surface area contributed by atoms with Crippen LogP contribution in [0.15, 0.2) is 0 Å². The first-order valence-electron chi connectivity index (χ1n) is 5.15. The van der Waals surface area contributed by atoms with Gasteiger partial charge in [0.1, 0.15) is 0 Å². The highest BCUT2D eigenvalue weighted by Crippen LogP contribution is 2.03. The lowest BCUT2D eigenvalue weighted by molar-refractivity contribution is 0.0907. The summed E-state index contributed by atoms with van der Waals surface area (Å²) >= 11 is 11.1. The van der Waals surface area contributed by atoms with Gasteiger partial charge < -0.3 is 4.74 Å². The van der Waals surface area contributed by atoms with Gasteiger partial charge in [0.2, 0.25) is 10.0 Å². The second-order valence-corrected chi connectivity index (χ2v) is 6.36. The Morgan fingerprint density at radius 2 is 1.69 bits per heavy atom. The number of ether oxygens (including phenoxy) is 1. The van der Waals surface area contributed by atoms with Crippen LogP contribution in [0.4, 0.5) is 0 Å². The predicted octanol–water partition coefficient (Wildman–Crippen LogP) is 1.52. The summed E-state index contributed by atoms with van der Waals surface area (Å²) in [5.74, 6) is 0.501. The Kier molecular flexibility index (Phi) is 8.77. The normalized spacial score (nSPS) is 12.6. The molecule has 0 fully saturated rings. The lowest BCUT2D eigenvalue weighted by atomic mass is 10.5. The standard InChI is InChI=1S/C9H19Cl2NO3S/c1-9(2)15-7-8-16(13,14)12(5-3-10)6-4-11/h9H,3-8H2,1-2H3. The highest BCUT2D eigenvalue weighted by Gasteiger charge is 2.20. The second kappa shape index (κ2) is 8.53. The lowest BCUT2D eigenvalue weighted by Gasteiger charge is -2.20. The van der Waals surface area contributed by atoms with E-state index in [1.54, 1.807) is 0 Å². The van der Waals surface area contributed by atoms with Gasteiger partial charge in [-0.2, -0.15) is 4.31 Å². The molecule has 0 bridgehead atoms. The van der Waals surface area contributed by atoms with Crippen molar-refractivity contribution >= 4 is 33.2 Å². The molecule has 0 N–H and O–H groups in total. The third-order valence-electron chi connectivity index (χ3n) is 1.85. The quantitative estimate of drug-likeness (QED) is 0.605. The molecule has 7 heteroatoms. The maximum Gasteiger partial charge on any atom is 0.216 e. The molecule has 0 aliphatic carbocycles. The van der Waals surface area contributed by atoms with Gasteiger partial charge in [-0.15, -0.1) is 23.2 Å². The molecule has 4 nitrogen and oxygen atoms in total. The van der Waals surface area contributed by atoms with Crippen molar-refractivity contribution in [1.82, 2.24) is 4.31 Å². The second-order valence-electron chi connectivity index (χ2n) is 3.51. The minimum absolute atomic E-state index is 0.0288. The van der Waals surface area contributed by atoms with Crippen LogP contribution in [0.1, 0.15) is 13.8 Å². The Labute approximate surface area is 108 Å². The number of hydrogen-bond donors (Lipinski definition) is 0. The molecular formula is C9H19Cl2NO3S. The molecule has 0 heterocycles. The molecule has 0 aromatic heterocycles. The van der Waals surface area contributed by atoms with Gasteiger partial charge in [0.25, 0.3) is 0 Å². The fraction of sp³-hybridized carbons (Fsp3) is 1.00. The number of sulfonamides is 1. The summed E-state index contributed by atoms with van der Waals surface area (Å²) in [6, 6.07) is 0. The van der Waals surface area contributed by atoms with Gasteiger partial charge >= 0.3 is 0 Å². The number of rotatable bonds is 9. The first-order valence-corrected chi connectivity index (χ1v) is 7.83. The Bertz CT molecular complexity index is 264. The molecule has 0 saturated heterocycles. The van der Waals surface area contributed by atoms with Gasteiger partial charge in [-0.25, -0.2) is 8.42 Å². The van der Waals surface area contributed by atoms with E-state index < -0.39 is 10.0 Å². The van der Waals surface area contributed by atoms with E-state index in [0.29, 0.717) is 0 Å². The zero-order chi connectivity index (χ0) is 12.6. The van der Waals surface area contributed by atoms with Crippen molar-refractivity contribution in [3.8, 4) is 0 Å². The summed E-state index contributed by atoms with van der Waals surface area (Å²) in [4.78, 5) is 0. The van der Waals surface area contributed by atoms with Crippen molar-refractivity contribution < 1.29 is 13.2 Å². The number of alkyl halides is 2. The van der Waals surface area contributed by atoms with Crippen LogP contribution in [0.3, 0.4) is 0 Å². The number of halogens is 2. The molecule has 0 rings (SSSR count). The third-order valence-corrected chi connectivity index (χ3v) is 4.03. The van der Waals surface area contributed by atoms with Crippen LogP contribution in [0.5, 0.6) is 0 Å². The first-order chi connectivity index (χ1) is 7.44. The highest BCUT2D eigenvalue weighted by molar-refractivity contribution is 7.89. The van der Waals surface area contributed by atoms with Crippen LogP contribution in [-0.4, -0.2) is 56.0 Å². The summed E-state index contributed by atoms with van der Waals surface area (Å²) in [6.07, 6.45) is 0.0321. The van der Waals surface area contributed by atoms with Gasteiger partial charge in [-0.3, -0.25) is 0 Å². The Morgan fingerprint density at radius 1 is 1.19 bits per heavy atom. The van der Waals surface area contributed by atoms with Crippen LogP contribution in [0.25, 0.3) is 0 Å². The Balaban J connectivity index is 4.24. The van der Waals surface area contributed by atoms with Crippen molar-refractivity contribution in [2.24, 2.45) is 0 Å². The van der Waals surface area contributed by atoms with Gasteiger partial charge in [0.05, 0.1) is 18.5 Å². The first kappa shape index (κ1) is 16.4. The van der Waals surface area contributed by atoms with E-state index in [-0.39, 0.29) is 43.3 Å². The van der Waals surface area contributed by atoms with Crippen molar-refractivity contribution in [2.75, 3.05) is 37.2 Å². The van der Waals surface area contributed by atoms with E-state index in [2.05, 4.69) is 0 Å². The molecule has 98 valence electrons. The summed E-state index contributed by atoms with van der Waals surface area (Å²) in [6.45, 7) is 4.50. The molecule has 0 saturated carbocycles. The molecule has 0 spiro atoms. The monoisotopic (exact) mass is 291 g/mol. The molecule has 0 aromatic rings. The van der Waals surface area contributed by atoms with Crippen LogP contribution < -0.4 is 0 Å². The van der Waals surface area contributed by atoms with E-state index in [9.17, 15) is 8.42 Å². The highest BCUT2D eigenvalue weighted by atomic mass is 35.5. The van der Waals surface area contributed by atoms with Crippen molar-refractivity contribution in [3.05, 3.63) is 0 Å². The molecular weight excluding hydrogens is 273 g/mol. The average Bonchev–Trinajstić information content (AvgIpc) is 2.16. The fourth-order valence-corrected chi connectivity index (χ4v) is 3.01. The van der Waals surface area contributed by atoms with Gasteiger partial charge in [-0.05, 0) is 13.8 Å². The molecule has 0 aromatic carbocycles. The minimum atomic E-state index is -3.30. The van der Waals surface area contributed by atoms with E-state index in [1.165, 1.54) is 4.31 Å². The Hall–Kier alpha value is 0.450. The SMILES string of the molecule is CC(C)OCCS(=O)(=O)N(CCCl)CCCl. The van der Waals surface area contributed by atoms with Crippen LogP contribution in [0, 0.1) is 0 Å². The summed E-state index contributed by atoms with van der Waals surface area (Å²) in [5, 5.41) is 0. The molecule has 16 heavy (non-hydrogen) atoms. The molecule has 0 aliphatic rings. The molecule has 0 atom stereocenters. The molecule has 0 aliphatic heterocycles. The van der Waals surface area contributed by atoms with Crippen LogP contribution in [-0.2, 0) is 14.8 Å². The fourth-order valence-electron chi connectivity index (χ4n) is 1.10. The number of hydrogen-bond acceptors (Lipinski definition) is 3. The van der Waals surface area contributed by atoms with E-state index >= 15 is 0 Å². The summed E-state index contributed by atoms with van der Waals surface area (Å²) in [5.41, 5.74) is 0. The smallest absolute Gasteiger partial charge is 0.216 e. The van der Waals surface area contributed by atoms with Gasteiger partial charge in [0.15, 0.2) is 0 Å². The van der Waals surface area contributed by atoms with Gasteiger partial charge in [-0.1, -0.05) is 0 Å². The largest absolute Gasteiger partial charge is 0.378 e. The number of nitrogens with zero attached hydrogens (tertiary/aromatic N) is 1. The van der Waals surface area contributed by atoms with Crippen molar-refractivity contribution in [1.29, 1.82) is 0 Å². The molecule has 0 radical (unpaired) electrons. The third kappa shape index (κ3) is 6.91. The topological polar surface area (TPSA) is 46.6 Å². The van der Waals surface area contributed by atoms with E-state index in [1.807, 2.05) is 13.8 Å². The average molecular weight is 292 g/mol. The summed E-state index contributed by atoms with van der Waals surface area (Å²) in [7, 11) is -3.30. The van der Waals surface area contributed by atoms with Crippen LogP contribution >= 0.6 is 23.2 Å². The zero-order valence-electron chi connectivity index (χ0n) is 9.66. The van der Waals surface area contributed by atoms with Crippen LogP contribution in [0.2, 0.25) is 0 Å². The van der Waals surface area contributed by atoms with Crippen molar-refractivity contribution in [3.63, 3.8) is 0 Å².